The van der Waals surface area contributed by atoms with Gasteiger partial charge in [0.15, 0.2) is 5.78 Å². The van der Waals surface area contributed by atoms with Crippen molar-refractivity contribution in [2.75, 3.05) is 20.3 Å². The van der Waals surface area contributed by atoms with Crippen LogP contribution in [0.1, 0.15) is 57.9 Å². The summed E-state index contributed by atoms with van der Waals surface area (Å²) in [6.45, 7) is 3.81. The smallest absolute Gasteiger partial charge is 0.243 e. The molecular formula is C29H40N4O7. The van der Waals surface area contributed by atoms with Crippen molar-refractivity contribution in [3.63, 3.8) is 0 Å². The van der Waals surface area contributed by atoms with Crippen molar-refractivity contribution in [3.8, 4) is 5.75 Å². The van der Waals surface area contributed by atoms with Gasteiger partial charge in [-0.05, 0) is 43.9 Å². The second-order valence-electron chi connectivity index (χ2n) is 11.4. The molecule has 218 valence electrons. The van der Waals surface area contributed by atoms with Crippen LogP contribution in [-0.4, -0.2) is 73.4 Å². The lowest BCUT2D eigenvalue weighted by molar-refractivity contribution is -0.134. The molecule has 3 fully saturated rings. The average Bonchev–Trinajstić information content (AvgIpc) is 3.28. The molecule has 5 atom stereocenters. The largest absolute Gasteiger partial charge is 0.497 e. The minimum atomic E-state index is -0.998. The van der Waals surface area contributed by atoms with Crippen LogP contribution in [0.25, 0.3) is 0 Å². The van der Waals surface area contributed by atoms with Crippen LogP contribution in [0.4, 0.5) is 0 Å². The highest BCUT2D eigenvalue weighted by Gasteiger charge is 2.50. The molecule has 1 aromatic rings. The third kappa shape index (κ3) is 7.59. The Labute approximate surface area is 234 Å². The van der Waals surface area contributed by atoms with Crippen molar-refractivity contribution in [1.82, 2.24) is 21.3 Å². The SMILES string of the molecule is COc1ccc(C[C@H](NC(=O)[C@@H](C)NC(=O)[C@H]2CNC(=O)C2)C(=O)N[C@@H](CC2CCCC2)C(=O)[C@@]2(C)CO2)cc1. The summed E-state index contributed by atoms with van der Waals surface area (Å²) in [7, 11) is 1.56. The third-order valence-corrected chi connectivity index (χ3v) is 8.11. The molecule has 2 heterocycles. The molecule has 2 aliphatic heterocycles. The van der Waals surface area contributed by atoms with Crippen molar-refractivity contribution in [1.29, 1.82) is 0 Å². The van der Waals surface area contributed by atoms with E-state index in [-0.39, 0.29) is 31.1 Å². The van der Waals surface area contributed by atoms with Gasteiger partial charge in [0.05, 0.1) is 25.7 Å². The fourth-order valence-corrected chi connectivity index (χ4v) is 5.39. The Morgan fingerprint density at radius 1 is 1.05 bits per heavy atom. The zero-order valence-electron chi connectivity index (χ0n) is 23.4. The summed E-state index contributed by atoms with van der Waals surface area (Å²) in [6.07, 6.45) is 5.03. The minimum absolute atomic E-state index is 0.0711. The van der Waals surface area contributed by atoms with E-state index in [1.165, 1.54) is 6.92 Å². The molecule has 0 bridgehead atoms. The summed E-state index contributed by atoms with van der Waals surface area (Å²) in [6, 6.07) is 4.49. The van der Waals surface area contributed by atoms with E-state index in [1.54, 1.807) is 38.3 Å². The maximum absolute atomic E-state index is 13.7. The predicted molar refractivity (Wildman–Crippen MR) is 145 cm³/mol. The number of amides is 4. The first kappa shape index (κ1) is 29.5. The van der Waals surface area contributed by atoms with Crippen LogP contribution in [0.2, 0.25) is 0 Å². The first-order chi connectivity index (χ1) is 19.1. The van der Waals surface area contributed by atoms with E-state index in [1.807, 2.05) is 0 Å². The van der Waals surface area contributed by atoms with Gasteiger partial charge in [-0.25, -0.2) is 0 Å². The fourth-order valence-electron chi connectivity index (χ4n) is 5.39. The summed E-state index contributed by atoms with van der Waals surface area (Å²) in [5.41, 5.74) is -0.106. The highest BCUT2D eigenvalue weighted by Crippen LogP contribution is 2.33. The van der Waals surface area contributed by atoms with Crippen LogP contribution in [0.15, 0.2) is 24.3 Å². The number of epoxide rings is 1. The molecule has 3 aliphatic rings. The van der Waals surface area contributed by atoms with Crippen LogP contribution < -0.4 is 26.0 Å². The first-order valence-electron chi connectivity index (χ1n) is 14.1. The van der Waals surface area contributed by atoms with Crippen LogP contribution in [0, 0.1) is 11.8 Å². The summed E-state index contributed by atoms with van der Waals surface area (Å²) >= 11 is 0. The molecule has 11 heteroatoms. The lowest BCUT2D eigenvalue weighted by Crippen LogP contribution is -2.57. The average molecular weight is 557 g/mol. The van der Waals surface area contributed by atoms with E-state index in [0.717, 1.165) is 31.2 Å². The van der Waals surface area contributed by atoms with Crippen molar-refractivity contribution < 1.29 is 33.4 Å². The molecule has 40 heavy (non-hydrogen) atoms. The van der Waals surface area contributed by atoms with Crippen LogP contribution >= 0.6 is 0 Å². The van der Waals surface area contributed by atoms with E-state index < -0.39 is 47.4 Å². The molecule has 1 aromatic carbocycles. The standard InChI is InChI=1S/C29H40N4O7/c1-17(31-27(37)20-14-24(34)30-15-20)26(36)33-23(13-19-8-10-21(39-3)11-9-19)28(38)32-22(12-18-6-4-5-7-18)25(35)29(2)16-40-29/h8-11,17-18,20,22-23H,4-7,12-16H2,1-3H3,(H,30,34)(H,31,37)(H,32,38)(H,33,36)/t17-,20-,22+,23+,29-/m1/s1. The summed E-state index contributed by atoms with van der Waals surface area (Å²) in [4.78, 5) is 64.1. The van der Waals surface area contributed by atoms with Gasteiger partial charge in [0, 0.05) is 19.4 Å². The van der Waals surface area contributed by atoms with Crippen LogP contribution in [0.5, 0.6) is 5.75 Å². The topological polar surface area (TPSA) is 155 Å². The van der Waals surface area contributed by atoms with Crippen molar-refractivity contribution >= 4 is 29.4 Å². The maximum atomic E-state index is 13.7. The van der Waals surface area contributed by atoms with E-state index >= 15 is 0 Å². The zero-order valence-corrected chi connectivity index (χ0v) is 23.4. The van der Waals surface area contributed by atoms with Gasteiger partial charge in [-0.3, -0.25) is 24.0 Å². The van der Waals surface area contributed by atoms with Gasteiger partial charge in [0.2, 0.25) is 23.6 Å². The van der Waals surface area contributed by atoms with Crippen molar-refractivity contribution in [2.45, 2.75) is 82.5 Å². The van der Waals surface area contributed by atoms with Gasteiger partial charge in [-0.2, -0.15) is 0 Å². The molecule has 0 spiro atoms. The Bertz CT molecular complexity index is 1110. The molecule has 4 amide bonds. The number of carbonyl (C=O) groups excluding carboxylic acids is 5. The van der Waals surface area contributed by atoms with Crippen molar-refractivity contribution in [3.05, 3.63) is 29.8 Å². The van der Waals surface area contributed by atoms with Gasteiger partial charge in [0.1, 0.15) is 23.4 Å². The van der Waals surface area contributed by atoms with E-state index in [4.69, 9.17) is 9.47 Å². The molecule has 2 saturated heterocycles. The molecule has 11 nitrogen and oxygen atoms in total. The number of benzene rings is 1. The molecule has 0 radical (unpaired) electrons. The van der Waals surface area contributed by atoms with Gasteiger partial charge < -0.3 is 30.7 Å². The summed E-state index contributed by atoms with van der Waals surface area (Å²) < 4.78 is 10.6. The van der Waals surface area contributed by atoms with Gasteiger partial charge >= 0.3 is 0 Å². The second kappa shape index (κ2) is 12.8. The number of methoxy groups -OCH3 is 1. The Morgan fingerprint density at radius 2 is 1.70 bits per heavy atom. The lowest BCUT2D eigenvalue weighted by atomic mass is 9.90. The summed E-state index contributed by atoms with van der Waals surface area (Å²) in [5.74, 6) is -1.33. The first-order valence-corrected chi connectivity index (χ1v) is 14.1. The number of rotatable bonds is 13. The highest BCUT2D eigenvalue weighted by molar-refractivity contribution is 5.98. The quantitative estimate of drug-likeness (QED) is 0.262. The van der Waals surface area contributed by atoms with Crippen LogP contribution in [-0.2, 0) is 35.1 Å². The number of nitrogens with one attached hydrogen (secondary N) is 4. The van der Waals surface area contributed by atoms with E-state index in [2.05, 4.69) is 21.3 Å². The zero-order chi connectivity index (χ0) is 28.9. The number of carbonyl (C=O) groups is 5. The van der Waals surface area contributed by atoms with Gasteiger partial charge in [-0.1, -0.05) is 37.8 Å². The summed E-state index contributed by atoms with van der Waals surface area (Å²) in [5, 5.41) is 10.9. The molecule has 1 aliphatic carbocycles. The Hall–Kier alpha value is -3.47. The monoisotopic (exact) mass is 556 g/mol. The van der Waals surface area contributed by atoms with Gasteiger partial charge in [-0.15, -0.1) is 0 Å². The van der Waals surface area contributed by atoms with E-state index in [0.29, 0.717) is 24.7 Å². The van der Waals surface area contributed by atoms with Crippen LogP contribution in [0.3, 0.4) is 0 Å². The number of hydrogen-bond donors (Lipinski definition) is 4. The van der Waals surface area contributed by atoms with Crippen molar-refractivity contribution in [2.24, 2.45) is 11.8 Å². The Kier molecular flexibility index (Phi) is 9.44. The Balaban J connectivity index is 1.46. The number of hydrogen-bond acceptors (Lipinski definition) is 7. The molecule has 1 saturated carbocycles. The maximum Gasteiger partial charge on any atom is 0.243 e. The molecule has 0 aromatic heterocycles. The highest BCUT2D eigenvalue weighted by atomic mass is 16.6. The van der Waals surface area contributed by atoms with E-state index in [9.17, 15) is 24.0 Å². The Morgan fingerprint density at radius 3 is 2.27 bits per heavy atom. The molecule has 0 unspecified atom stereocenters. The fraction of sp³-hybridized carbons (Fsp3) is 0.621. The predicted octanol–water partition coefficient (Wildman–Crippen LogP) is 0.786. The lowest BCUT2D eigenvalue weighted by Gasteiger charge is -2.26. The second-order valence-corrected chi connectivity index (χ2v) is 11.4. The third-order valence-electron chi connectivity index (χ3n) is 8.11. The molecule has 4 N–H and O–H groups in total. The number of Topliss-reactive ketones (excluding diaryl/α,β-unsaturated/α-hetero) is 1. The van der Waals surface area contributed by atoms with Gasteiger partial charge in [0.25, 0.3) is 0 Å². The molecule has 4 rings (SSSR count). The normalized spacial score (nSPS) is 24.4. The number of ketones is 1. The number of ether oxygens (including phenoxy) is 2. The minimum Gasteiger partial charge on any atom is -0.497 e. The molecular weight excluding hydrogens is 516 g/mol.